The minimum absolute atomic E-state index is 0.219. The highest BCUT2D eigenvalue weighted by Gasteiger charge is 2.53. The molecule has 1 amide bonds. The molecule has 26 heavy (non-hydrogen) atoms. The molecule has 2 N–H and O–H groups in total. The maximum atomic E-state index is 12.9. The highest BCUT2D eigenvalue weighted by molar-refractivity contribution is 5.83. The molecule has 2 aromatic rings. The number of nitrogens with zero attached hydrogens (tertiary/aromatic N) is 1. The van der Waals surface area contributed by atoms with E-state index >= 15 is 0 Å². The molecule has 1 aliphatic heterocycles. The van der Waals surface area contributed by atoms with E-state index in [2.05, 4.69) is 4.98 Å². The van der Waals surface area contributed by atoms with Crippen LogP contribution in [0, 0.1) is 0 Å². The molecule has 1 aromatic heterocycles. The Labute approximate surface area is 154 Å². The van der Waals surface area contributed by atoms with E-state index in [1.807, 2.05) is 65.1 Å². The summed E-state index contributed by atoms with van der Waals surface area (Å²) in [6.07, 6.45) is 1.34. The van der Waals surface area contributed by atoms with E-state index in [0.29, 0.717) is 0 Å². The summed E-state index contributed by atoms with van der Waals surface area (Å²) in [5.74, 6) is 0. The van der Waals surface area contributed by atoms with Gasteiger partial charge in [0.25, 0.3) is 0 Å². The van der Waals surface area contributed by atoms with Gasteiger partial charge in [-0.25, -0.2) is 4.79 Å². The Morgan fingerprint density at radius 1 is 1.31 bits per heavy atom. The van der Waals surface area contributed by atoms with Crippen LogP contribution in [0.4, 0.5) is 4.79 Å². The molecule has 2 atom stereocenters. The van der Waals surface area contributed by atoms with Gasteiger partial charge in [-0.05, 0) is 53.0 Å². The summed E-state index contributed by atoms with van der Waals surface area (Å²) in [5.41, 5.74) is -1.26. The van der Waals surface area contributed by atoms with Crippen molar-refractivity contribution in [2.24, 2.45) is 0 Å². The predicted molar refractivity (Wildman–Crippen MR) is 99.8 cm³/mol. The Hall–Kier alpha value is -2.05. The van der Waals surface area contributed by atoms with Gasteiger partial charge in [0, 0.05) is 11.8 Å². The minimum atomic E-state index is -1.32. The number of fused-ring (bicyclic) bond motifs is 1. The Morgan fingerprint density at radius 2 is 2.00 bits per heavy atom. The summed E-state index contributed by atoms with van der Waals surface area (Å²) in [5, 5.41) is 12.5. The van der Waals surface area contributed by atoms with Gasteiger partial charge in [0.05, 0.1) is 18.2 Å². The first-order valence-corrected chi connectivity index (χ1v) is 8.89. The van der Waals surface area contributed by atoms with Crippen molar-refractivity contribution in [3.05, 3.63) is 36.0 Å². The van der Waals surface area contributed by atoms with E-state index in [4.69, 9.17) is 9.47 Å². The number of hydrogen-bond donors (Lipinski definition) is 2. The molecule has 1 fully saturated rings. The Kier molecular flexibility index (Phi) is 4.32. The second-order valence-corrected chi connectivity index (χ2v) is 8.52. The zero-order valence-electron chi connectivity index (χ0n) is 16.3. The fourth-order valence-corrected chi connectivity index (χ4v) is 3.56. The third-order valence-electron chi connectivity index (χ3n) is 4.86. The summed E-state index contributed by atoms with van der Waals surface area (Å²) in [6.45, 7) is 11.0. The SMILES string of the molecule is CC(C)(C)OC(=O)N1[C@@H](C(C)(O)c2cccc3cc[nH]c23)COC1(C)C. The number of aromatic amines is 1. The number of carbonyl (C=O) groups excluding carboxylic acids is 1. The molecule has 0 bridgehead atoms. The Morgan fingerprint density at radius 3 is 2.65 bits per heavy atom. The maximum Gasteiger partial charge on any atom is 0.413 e. The van der Waals surface area contributed by atoms with Crippen molar-refractivity contribution < 1.29 is 19.4 Å². The Bertz CT molecular complexity index is 817. The van der Waals surface area contributed by atoms with Crippen molar-refractivity contribution >= 4 is 17.0 Å². The van der Waals surface area contributed by atoms with Gasteiger partial charge in [0.2, 0.25) is 0 Å². The van der Waals surface area contributed by atoms with Crippen molar-refractivity contribution in [2.45, 2.75) is 64.5 Å². The van der Waals surface area contributed by atoms with Gasteiger partial charge in [-0.2, -0.15) is 0 Å². The molecule has 6 heteroatoms. The van der Waals surface area contributed by atoms with E-state index < -0.39 is 29.1 Å². The molecule has 1 aromatic carbocycles. The van der Waals surface area contributed by atoms with Crippen molar-refractivity contribution in [2.75, 3.05) is 6.61 Å². The molecular weight excluding hydrogens is 332 g/mol. The molecule has 142 valence electrons. The molecule has 0 aliphatic carbocycles. The van der Waals surface area contributed by atoms with Crippen molar-refractivity contribution in [1.29, 1.82) is 0 Å². The highest BCUT2D eigenvalue weighted by Crippen LogP contribution is 2.40. The quantitative estimate of drug-likeness (QED) is 0.855. The largest absolute Gasteiger partial charge is 0.444 e. The van der Waals surface area contributed by atoms with E-state index in [9.17, 15) is 9.90 Å². The third-order valence-corrected chi connectivity index (χ3v) is 4.86. The van der Waals surface area contributed by atoms with Crippen molar-refractivity contribution in [1.82, 2.24) is 9.88 Å². The average Bonchev–Trinajstić information content (AvgIpc) is 3.08. The summed E-state index contributed by atoms with van der Waals surface area (Å²) < 4.78 is 11.4. The molecule has 1 aliphatic rings. The summed E-state index contributed by atoms with van der Waals surface area (Å²) in [6, 6.07) is 7.12. The van der Waals surface area contributed by atoms with Gasteiger partial charge in [-0.15, -0.1) is 0 Å². The van der Waals surface area contributed by atoms with Crippen LogP contribution in [-0.2, 0) is 15.1 Å². The molecule has 1 saturated heterocycles. The third kappa shape index (κ3) is 3.19. The van der Waals surface area contributed by atoms with Crippen LogP contribution in [0.2, 0.25) is 0 Å². The van der Waals surface area contributed by atoms with Gasteiger partial charge in [-0.1, -0.05) is 18.2 Å². The van der Waals surface area contributed by atoms with Crippen molar-refractivity contribution in [3.63, 3.8) is 0 Å². The van der Waals surface area contributed by atoms with Crippen molar-refractivity contribution in [3.8, 4) is 0 Å². The van der Waals surface area contributed by atoms with Gasteiger partial charge in [0.15, 0.2) is 0 Å². The van der Waals surface area contributed by atoms with Crippen LogP contribution in [0.5, 0.6) is 0 Å². The number of para-hydroxylation sites is 1. The summed E-state index contributed by atoms with van der Waals surface area (Å²) in [7, 11) is 0. The maximum absolute atomic E-state index is 12.9. The normalized spacial score (nSPS) is 22.4. The molecule has 6 nitrogen and oxygen atoms in total. The van der Waals surface area contributed by atoms with Gasteiger partial charge in [-0.3, -0.25) is 4.90 Å². The fourth-order valence-electron chi connectivity index (χ4n) is 3.56. The number of aromatic nitrogens is 1. The lowest BCUT2D eigenvalue weighted by Crippen LogP contribution is -2.56. The number of benzene rings is 1. The predicted octanol–water partition coefficient (Wildman–Crippen LogP) is 3.75. The van der Waals surface area contributed by atoms with Gasteiger partial charge < -0.3 is 19.6 Å². The van der Waals surface area contributed by atoms with Gasteiger partial charge >= 0.3 is 6.09 Å². The summed E-state index contributed by atoms with van der Waals surface area (Å²) >= 11 is 0. The van der Waals surface area contributed by atoms with Crippen LogP contribution >= 0.6 is 0 Å². The number of H-pyrrole nitrogens is 1. The van der Waals surface area contributed by atoms with E-state index in [1.54, 1.807) is 6.92 Å². The molecule has 2 heterocycles. The number of rotatable bonds is 2. The number of aliphatic hydroxyl groups is 1. The second-order valence-electron chi connectivity index (χ2n) is 8.52. The lowest BCUT2D eigenvalue weighted by atomic mass is 9.86. The molecule has 0 radical (unpaired) electrons. The first kappa shape index (κ1) is 18.7. The van der Waals surface area contributed by atoms with E-state index in [0.717, 1.165) is 16.5 Å². The van der Waals surface area contributed by atoms with Crippen LogP contribution in [0.3, 0.4) is 0 Å². The zero-order chi connectivity index (χ0) is 19.3. The average molecular weight is 360 g/mol. The molecule has 1 unspecified atom stereocenters. The highest BCUT2D eigenvalue weighted by atomic mass is 16.6. The van der Waals surface area contributed by atoms with Crippen LogP contribution < -0.4 is 0 Å². The van der Waals surface area contributed by atoms with Crippen LogP contribution in [0.1, 0.15) is 47.1 Å². The van der Waals surface area contributed by atoms with Crippen LogP contribution in [0.25, 0.3) is 10.9 Å². The summed E-state index contributed by atoms with van der Waals surface area (Å²) in [4.78, 5) is 17.6. The number of hydrogen-bond acceptors (Lipinski definition) is 4. The number of ether oxygens (including phenoxy) is 2. The topological polar surface area (TPSA) is 74.8 Å². The standard InChI is InChI=1S/C20H28N2O4/c1-18(2,3)26-17(23)22-15(12-25-19(22,4)5)20(6,24)14-9-7-8-13-10-11-21-16(13)14/h7-11,15,21,24H,12H2,1-6H3/t15-,20?/m1/s1. The van der Waals surface area contributed by atoms with Crippen LogP contribution in [-0.4, -0.2) is 45.1 Å². The fraction of sp³-hybridized carbons (Fsp3) is 0.550. The second kappa shape index (κ2) is 5.99. The smallest absolute Gasteiger partial charge is 0.413 e. The molecule has 3 rings (SSSR count). The monoisotopic (exact) mass is 360 g/mol. The van der Waals surface area contributed by atoms with Gasteiger partial charge in [0.1, 0.15) is 16.9 Å². The molecular formula is C20H28N2O4. The first-order chi connectivity index (χ1) is 11.9. The number of amides is 1. The zero-order valence-corrected chi connectivity index (χ0v) is 16.3. The first-order valence-electron chi connectivity index (χ1n) is 8.89. The Balaban J connectivity index is 2.02. The molecule has 0 saturated carbocycles. The van der Waals surface area contributed by atoms with E-state index in [-0.39, 0.29) is 6.61 Å². The lowest BCUT2D eigenvalue weighted by Gasteiger charge is -2.40. The van der Waals surface area contributed by atoms with E-state index in [1.165, 1.54) is 4.90 Å². The molecule has 0 spiro atoms. The minimum Gasteiger partial charge on any atom is -0.444 e. The number of carbonyl (C=O) groups is 1. The van der Waals surface area contributed by atoms with Crippen LogP contribution in [0.15, 0.2) is 30.5 Å². The lowest BCUT2D eigenvalue weighted by molar-refractivity contribution is -0.0798. The number of nitrogens with one attached hydrogen (secondary N) is 1.